The van der Waals surface area contributed by atoms with Gasteiger partial charge in [-0.15, -0.1) is 0 Å². The second-order valence-corrected chi connectivity index (χ2v) is 7.44. The van der Waals surface area contributed by atoms with Crippen LogP contribution in [0.2, 0.25) is 0 Å². The topological polar surface area (TPSA) is 48.4 Å². The maximum absolute atomic E-state index is 13.9. The maximum Gasteiger partial charge on any atom is 0.349 e. The molecule has 1 fully saturated rings. The fourth-order valence-corrected chi connectivity index (χ4v) is 3.62. The molecule has 1 saturated carbocycles. The first-order valence-electron chi connectivity index (χ1n) is 9.68. The number of methoxy groups -OCH3 is 1. The van der Waals surface area contributed by atoms with Crippen LogP contribution in [0.25, 0.3) is 10.9 Å². The zero-order valence-corrected chi connectivity index (χ0v) is 16.8. The molecule has 0 unspecified atom stereocenters. The molecule has 11 heteroatoms. The van der Waals surface area contributed by atoms with Crippen molar-refractivity contribution < 1.29 is 45.0 Å². The normalized spacial score (nSPS) is 14.0. The molecule has 0 atom stereocenters. The molecule has 0 saturated heterocycles. The summed E-state index contributed by atoms with van der Waals surface area (Å²) in [7, 11) is 1.11. The highest BCUT2D eigenvalue weighted by molar-refractivity contribution is 5.98. The molecule has 33 heavy (non-hydrogen) atoms. The van der Waals surface area contributed by atoms with Crippen LogP contribution in [0.5, 0.6) is 11.6 Å². The molecule has 1 aliphatic carbocycles. The van der Waals surface area contributed by atoms with Gasteiger partial charge in [-0.1, -0.05) is 6.42 Å². The summed E-state index contributed by atoms with van der Waals surface area (Å²) in [4.78, 5) is 16.6. The maximum atomic E-state index is 13.9. The average molecular weight is 473 g/mol. The van der Waals surface area contributed by atoms with E-state index in [1.54, 1.807) is 0 Å². The molecular weight excluding hydrogens is 459 g/mol. The minimum absolute atomic E-state index is 0.0509. The number of alkyl halides is 2. The highest BCUT2D eigenvalue weighted by Crippen LogP contribution is 2.42. The van der Waals surface area contributed by atoms with Gasteiger partial charge in [-0.25, -0.2) is 31.7 Å². The van der Waals surface area contributed by atoms with Crippen molar-refractivity contribution in [3.05, 3.63) is 64.0 Å². The Balaban J connectivity index is 1.80. The molecule has 4 nitrogen and oxygen atoms in total. The van der Waals surface area contributed by atoms with E-state index in [0.717, 1.165) is 38.5 Å². The number of carbonyl (C=O) groups is 1. The lowest BCUT2D eigenvalue weighted by Crippen LogP contribution is -2.15. The van der Waals surface area contributed by atoms with Gasteiger partial charge in [0.2, 0.25) is 40.7 Å². The number of carbonyl (C=O) groups excluding carboxylic acids is 1. The summed E-state index contributed by atoms with van der Waals surface area (Å²) in [5, 5.41) is 0.0681. The zero-order chi connectivity index (χ0) is 24.0. The molecule has 0 amide bonds. The third-order valence-corrected chi connectivity index (χ3v) is 5.54. The van der Waals surface area contributed by atoms with E-state index in [4.69, 9.17) is 4.74 Å². The molecule has 0 radical (unpaired) electrons. The lowest BCUT2D eigenvalue weighted by Gasteiger charge is -2.28. The number of halogens is 7. The Morgan fingerprint density at radius 1 is 0.970 bits per heavy atom. The summed E-state index contributed by atoms with van der Waals surface area (Å²) < 4.78 is 105. The quantitative estimate of drug-likeness (QED) is 0.142. The van der Waals surface area contributed by atoms with Crippen LogP contribution >= 0.6 is 0 Å². The van der Waals surface area contributed by atoms with E-state index >= 15 is 0 Å². The van der Waals surface area contributed by atoms with Crippen LogP contribution in [0.1, 0.15) is 53.1 Å². The van der Waals surface area contributed by atoms with Crippen LogP contribution in [0, 0.1) is 29.1 Å². The molecule has 2 aromatic carbocycles. The van der Waals surface area contributed by atoms with E-state index in [-0.39, 0.29) is 28.3 Å². The summed E-state index contributed by atoms with van der Waals surface area (Å²) in [6.45, 7) is 0. The van der Waals surface area contributed by atoms with Crippen molar-refractivity contribution in [1.82, 2.24) is 4.98 Å². The van der Waals surface area contributed by atoms with E-state index in [9.17, 15) is 35.5 Å². The molecule has 0 aliphatic heterocycles. The number of hydrogen-bond acceptors (Lipinski definition) is 4. The predicted octanol–water partition coefficient (Wildman–Crippen LogP) is 6.36. The Kier molecular flexibility index (Phi) is 5.89. The number of aromatic nitrogens is 1. The first kappa shape index (κ1) is 22.8. The Labute approximate surface area is 181 Å². The van der Waals surface area contributed by atoms with Crippen molar-refractivity contribution in [3.63, 3.8) is 0 Å². The number of hydrogen-bond donors (Lipinski definition) is 0. The number of fused-ring (bicyclic) bond motifs is 1. The minimum Gasteiger partial charge on any atom is -0.480 e. The largest absolute Gasteiger partial charge is 0.480 e. The van der Waals surface area contributed by atoms with Gasteiger partial charge in [0.25, 0.3) is 6.43 Å². The Bertz CT molecular complexity index is 1250. The van der Waals surface area contributed by atoms with Gasteiger partial charge in [-0.2, -0.15) is 8.78 Å². The number of esters is 1. The molecule has 4 rings (SSSR count). The van der Waals surface area contributed by atoms with Gasteiger partial charge in [0.1, 0.15) is 5.56 Å². The van der Waals surface area contributed by atoms with Crippen LogP contribution in [-0.2, 0) is 0 Å². The predicted molar refractivity (Wildman–Crippen MR) is 101 cm³/mol. The highest BCUT2D eigenvalue weighted by Gasteiger charge is 2.31. The van der Waals surface area contributed by atoms with Crippen molar-refractivity contribution in [2.45, 2.75) is 31.6 Å². The van der Waals surface area contributed by atoms with Gasteiger partial charge in [0.05, 0.1) is 12.6 Å². The molecule has 1 heterocycles. The van der Waals surface area contributed by atoms with E-state index in [1.807, 2.05) is 0 Å². The van der Waals surface area contributed by atoms with Gasteiger partial charge in [0.15, 0.2) is 0 Å². The smallest absolute Gasteiger partial charge is 0.349 e. The first-order chi connectivity index (χ1) is 15.6. The van der Waals surface area contributed by atoms with Crippen LogP contribution in [0.4, 0.5) is 30.7 Å². The van der Waals surface area contributed by atoms with Gasteiger partial charge < -0.3 is 9.47 Å². The van der Waals surface area contributed by atoms with Crippen molar-refractivity contribution in [1.29, 1.82) is 0 Å². The third kappa shape index (κ3) is 3.85. The molecule has 174 valence electrons. The molecule has 3 aromatic rings. The Hall–Kier alpha value is -3.37. The zero-order valence-electron chi connectivity index (χ0n) is 16.8. The van der Waals surface area contributed by atoms with E-state index in [2.05, 4.69) is 9.72 Å². The Morgan fingerprint density at radius 2 is 1.58 bits per heavy atom. The number of pyridine rings is 1. The van der Waals surface area contributed by atoms with Gasteiger partial charge in [0, 0.05) is 10.9 Å². The van der Waals surface area contributed by atoms with Crippen molar-refractivity contribution in [2.24, 2.45) is 0 Å². The molecule has 0 N–H and O–H groups in total. The van der Waals surface area contributed by atoms with E-state index in [1.165, 1.54) is 6.07 Å². The van der Waals surface area contributed by atoms with Crippen molar-refractivity contribution >= 4 is 16.9 Å². The van der Waals surface area contributed by atoms with Crippen LogP contribution in [0.15, 0.2) is 18.2 Å². The first-order valence-corrected chi connectivity index (χ1v) is 9.68. The van der Waals surface area contributed by atoms with Crippen molar-refractivity contribution in [3.8, 4) is 11.6 Å². The standard InChI is InChI=1S/C22H14F7NO3/c1-32-21-12(22(31)33-19-17(26)15(24)14(23)16(25)18(19)27)6-9-5-11(20(28)29)10(7-13(9)30-21)8-3-2-4-8/h5-8,20H,2-4H2,1H3. The van der Waals surface area contributed by atoms with Crippen LogP contribution < -0.4 is 9.47 Å². The van der Waals surface area contributed by atoms with Crippen molar-refractivity contribution in [2.75, 3.05) is 7.11 Å². The summed E-state index contributed by atoms with van der Waals surface area (Å²) in [6.07, 6.45) is -0.413. The van der Waals surface area contributed by atoms with Gasteiger partial charge in [-0.05, 0) is 42.5 Å². The third-order valence-electron chi connectivity index (χ3n) is 5.54. The van der Waals surface area contributed by atoms with Gasteiger partial charge in [-0.3, -0.25) is 0 Å². The molecule has 1 aliphatic rings. The number of rotatable bonds is 5. The summed E-state index contributed by atoms with van der Waals surface area (Å²) in [5.74, 6) is -15.5. The molecule has 0 bridgehead atoms. The molecule has 1 aromatic heterocycles. The SMILES string of the molecule is COc1nc2cc(C3CCC3)c(C(F)F)cc2cc1C(=O)Oc1c(F)c(F)c(F)c(F)c1F. The second kappa shape index (κ2) is 8.53. The number of nitrogens with zero attached hydrogens (tertiary/aromatic N) is 1. The molecule has 0 spiro atoms. The molecular formula is C22H14F7NO3. The van der Waals surface area contributed by atoms with E-state index in [0.29, 0.717) is 5.56 Å². The second-order valence-electron chi connectivity index (χ2n) is 7.44. The summed E-state index contributed by atoms with van der Waals surface area (Å²) >= 11 is 0. The van der Waals surface area contributed by atoms with Crippen LogP contribution in [0.3, 0.4) is 0 Å². The highest BCUT2D eigenvalue weighted by atomic mass is 19.3. The summed E-state index contributed by atoms with van der Waals surface area (Å²) in [6, 6.07) is 3.63. The lowest BCUT2D eigenvalue weighted by molar-refractivity contribution is 0.0712. The average Bonchev–Trinajstić information content (AvgIpc) is 2.76. The lowest BCUT2D eigenvalue weighted by atomic mass is 9.78. The number of benzene rings is 2. The monoisotopic (exact) mass is 473 g/mol. The van der Waals surface area contributed by atoms with E-state index < -0.39 is 52.8 Å². The van der Waals surface area contributed by atoms with Crippen LogP contribution in [-0.4, -0.2) is 18.1 Å². The summed E-state index contributed by atoms with van der Waals surface area (Å²) in [5.41, 5.74) is -0.176. The fraction of sp³-hybridized carbons (Fsp3) is 0.273. The Morgan fingerprint density at radius 3 is 2.09 bits per heavy atom. The van der Waals surface area contributed by atoms with Gasteiger partial charge >= 0.3 is 5.97 Å². The fourth-order valence-electron chi connectivity index (χ4n) is 3.62. The minimum atomic E-state index is -2.81. The number of ether oxygens (including phenoxy) is 2.